The molecule has 0 aromatic carbocycles. The monoisotopic (exact) mass is 325 g/mol. The van der Waals surface area contributed by atoms with Gasteiger partial charge in [-0.2, -0.15) is 5.26 Å². The van der Waals surface area contributed by atoms with Crippen molar-refractivity contribution in [2.24, 2.45) is 11.3 Å². The summed E-state index contributed by atoms with van der Waals surface area (Å²) in [5.41, 5.74) is 2.59. The zero-order valence-corrected chi connectivity index (χ0v) is 14.4. The molecular formula is C17H19N5S. The first-order chi connectivity index (χ1) is 11.0. The summed E-state index contributed by atoms with van der Waals surface area (Å²) in [6.45, 7) is 7.00. The normalized spacial score (nSPS) is 18.3. The van der Waals surface area contributed by atoms with Gasteiger partial charge in [0.2, 0.25) is 0 Å². The van der Waals surface area contributed by atoms with Crippen molar-refractivity contribution < 1.29 is 0 Å². The van der Waals surface area contributed by atoms with E-state index in [0.717, 1.165) is 28.7 Å². The van der Waals surface area contributed by atoms with Gasteiger partial charge in [0.25, 0.3) is 0 Å². The van der Waals surface area contributed by atoms with E-state index in [1.807, 2.05) is 0 Å². The lowest BCUT2D eigenvalue weighted by molar-refractivity contribution is 0.218. The molecule has 0 fully saturated rings. The minimum atomic E-state index is 0.238. The molecule has 0 bridgehead atoms. The molecule has 0 aliphatic heterocycles. The maximum atomic E-state index is 8.86. The van der Waals surface area contributed by atoms with Crippen LogP contribution in [0.2, 0.25) is 0 Å². The van der Waals surface area contributed by atoms with Gasteiger partial charge in [-0.1, -0.05) is 20.8 Å². The number of hydrogen-bond donors (Lipinski definition) is 0. The lowest BCUT2D eigenvalue weighted by atomic mass is 9.72. The molecule has 1 aliphatic carbocycles. The number of hydrogen-bond acceptors (Lipinski definition) is 5. The van der Waals surface area contributed by atoms with Crippen LogP contribution in [0.15, 0.2) is 6.33 Å². The summed E-state index contributed by atoms with van der Waals surface area (Å²) in [7, 11) is 0. The Hall–Kier alpha value is -2.00. The van der Waals surface area contributed by atoms with E-state index in [0.29, 0.717) is 17.2 Å². The van der Waals surface area contributed by atoms with Crippen molar-refractivity contribution in [3.8, 4) is 6.07 Å². The summed E-state index contributed by atoms with van der Waals surface area (Å²) in [4.78, 5) is 11.7. The summed E-state index contributed by atoms with van der Waals surface area (Å²) in [6, 6.07) is 2.12. The molecule has 4 rings (SSSR count). The molecule has 0 saturated carbocycles. The van der Waals surface area contributed by atoms with Gasteiger partial charge in [0.15, 0.2) is 11.5 Å². The zero-order chi connectivity index (χ0) is 16.2. The van der Waals surface area contributed by atoms with Crippen molar-refractivity contribution in [3.63, 3.8) is 0 Å². The van der Waals surface area contributed by atoms with Crippen LogP contribution in [0.1, 0.15) is 43.5 Å². The van der Waals surface area contributed by atoms with Crippen molar-refractivity contribution >= 4 is 27.2 Å². The molecule has 1 atom stereocenters. The van der Waals surface area contributed by atoms with Crippen LogP contribution in [0.3, 0.4) is 0 Å². The SMILES string of the molecule is CC(C)(C)[C@H]1CCc2c(sc3ncn4nc(CC#N)nc4c23)C1. The van der Waals surface area contributed by atoms with E-state index < -0.39 is 0 Å². The Balaban J connectivity index is 1.87. The van der Waals surface area contributed by atoms with Crippen molar-refractivity contribution in [2.75, 3.05) is 0 Å². The molecule has 3 aromatic heterocycles. The van der Waals surface area contributed by atoms with Crippen LogP contribution in [0.25, 0.3) is 15.9 Å². The number of nitriles is 1. The highest BCUT2D eigenvalue weighted by Gasteiger charge is 2.31. The Kier molecular flexibility index (Phi) is 3.17. The van der Waals surface area contributed by atoms with Crippen LogP contribution in [0.5, 0.6) is 0 Å². The number of aryl methyl sites for hydroxylation is 1. The lowest BCUT2D eigenvalue weighted by Crippen LogP contribution is -2.26. The largest absolute Gasteiger partial charge is 0.225 e. The Morgan fingerprint density at radius 1 is 1.43 bits per heavy atom. The molecule has 23 heavy (non-hydrogen) atoms. The van der Waals surface area contributed by atoms with Crippen LogP contribution in [0.4, 0.5) is 0 Å². The van der Waals surface area contributed by atoms with Gasteiger partial charge in [-0.05, 0) is 36.2 Å². The third-order valence-electron chi connectivity index (χ3n) is 4.89. The molecule has 0 radical (unpaired) electrons. The van der Waals surface area contributed by atoms with Gasteiger partial charge in [-0.15, -0.1) is 16.4 Å². The van der Waals surface area contributed by atoms with Gasteiger partial charge in [-0.25, -0.2) is 14.5 Å². The second-order valence-corrected chi connectivity index (χ2v) is 8.45. The smallest absolute Gasteiger partial charge is 0.168 e. The topological polar surface area (TPSA) is 66.9 Å². The van der Waals surface area contributed by atoms with Gasteiger partial charge in [-0.3, -0.25) is 0 Å². The summed E-state index contributed by atoms with van der Waals surface area (Å²) in [5, 5.41) is 14.4. The van der Waals surface area contributed by atoms with Crippen molar-refractivity contribution in [3.05, 3.63) is 22.6 Å². The van der Waals surface area contributed by atoms with Gasteiger partial charge >= 0.3 is 0 Å². The standard InChI is InChI=1S/C17H19N5S/c1-17(2,3)10-4-5-11-12(8-10)23-16-14(11)15-20-13(6-7-18)21-22(15)9-19-16/h9-10H,4-6,8H2,1-3H3/t10-/m0/s1. The highest BCUT2D eigenvalue weighted by atomic mass is 32.1. The summed E-state index contributed by atoms with van der Waals surface area (Å²) in [6.07, 6.45) is 5.38. The van der Waals surface area contributed by atoms with Crippen LogP contribution in [0, 0.1) is 22.7 Å². The Labute approximate surface area is 139 Å². The fourth-order valence-electron chi connectivity index (χ4n) is 3.50. The Morgan fingerprint density at radius 2 is 2.26 bits per heavy atom. The van der Waals surface area contributed by atoms with Gasteiger partial charge in [0, 0.05) is 4.88 Å². The Bertz CT molecular complexity index is 938. The second-order valence-electron chi connectivity index (χ2n) is 7.37. The third-order valence-corrected chi connectivity index (χ3v) is 6.05. The average Bonchev–Trinajstić information content (AvgIpc) is 3.05. The minimum Gasteiger partial charge on any atom is -0.225 e. The zero-order valence-electron chi connectivity index (χ0n) is 13.6. The van der Waals surface area contributed by atoms with E-state index >= 15 is 0 Å². The van der Waals surface area contributed by atoms with Crippen LogP contribution < -0.4 is 0 Å². The van der Waals surface area contributed by atoms with E-state index in [4.69, 9.17) is 5.26 Å². The molecule has 0 spiro atoms. The van der Waals surface area contributed by atoms with Crippen LogP contribution in [-0.2, 0) is 19.3 Å². The lowest BCUT2D eigenvalue weighted by Gasteiger charge is -2.33. The third kappa shape index (κ3) is 2.31. The highest BCUT2D eigenvalue weighted by Crippen LogP contribution is 2.43. The van der Waals surface area contributed by atoms with Crippen LogP contribution in [-0.4, -0.2) is 19.6 Å². The summed E-state index contributed by atoms with van der Waals surface area (Å²) < 4.78 is 1.72. The fourth-order valence-corrected chi connectivity index (χ4v) is 4.77. The Morgan fingerprint density at radius 3 is 3.00 bits per heavy atom. The van der Waals surface area contributed by atoms with E-state index in [1.54, 1.807) is 22.2 Å². The molecule has 0 N–H and O–H groups in total. The number of nitrogens with zero attached hydrogens (tertiary/aromatic N) is 5. The van der Waals surface area contributed by atoms with Crippen LogP contribution >= 0.6 is 11.3 Å². The first-order valence-electron chi connectivity index (χ1n) is 7.99. The minimum absolute atomic E-state index is 0.238. The molecule has 3 heterocycles. The molecule has 5 nitrogen and oxygen atoms in total. The van der Waals surface area contributed by atoms with Crippen molar-refractivity contribution in [2.45, 2.75) is 46.5 Å². The molecule has 3 aromatic rings. The number of thiophene rings is 1. The fraction of sp³-hybridized carbons (Fsp3) is 0.529. The molecule has 6 heteroatoms. The molecule has 0 saturated heterocycles. The van der Waals surface area contributed by atoms with Crippen molar-refractivity contribution in [1.82, 2.24) is 19.6 Å². The second kappa shape index (κ2) is 5.00. The molecule has 118 valence electrons. The quantitative estimate of drug-likeness (QED) is 0.686. The van der Waals surface area contributed by atoms with Gasteiger partial charge < -0.3 is 0 Å². The van der Waals surface area contributed by atoms with E-state index in [2.05, 4.69) is 41.9 Å². The molecule has 1 aliphatic rings. The summed E-state index contributed by atoms with van der Waals surface area (Å²) in [5.74, 6) is 1.29. The molecule has 0 amide bonds. The molecule has 0 unspecified atom stereocenters. The first-order valence-corrected chi connectivity index (χ1v) is 8.80. The summed E-state index contributed by atoms with van der Waals surface area (Å²) >= 11 is 1.80. The number of rotatable bonds is 1. The van der Waals surface area contributed by atoms with E-state index in [9.17, 15) is 0 Å². The molecular weight excluding hydrogens is 306 g/mol. The van der Waals surface area contributed by atoms with E-state index in [-0.39, 0.29) is 6.42 Å². The number of aromatic nitrogens is 4. The van der Waals surface area contributed by atoms with Gasteiger partial charge in [0.05, 0.1) is 17.9 Å². The maximum absolute atomic E-state index is 8.86. The van der Waals surface area contributed by atoms with Gasteiger partial charge in [0.1, 0.15) is 11.2 Å². The highest BCUT2D eigenvalue weighted by molar-refractivity contribution is 7.19. The maximum Gasteiger partial charge on any atom is 0.168 e. The predicted molar refractivity (Wildman–Crippen MR) is 90.5 cm³/mol. The van der Waals surface area contributed by atoms with Crippen molar-refractivity contribution in [1.29, 1.82) is 5.26 Å². The number of fused-ring (bicyclic) bond motifs is 5. The average molecular weight is 325 g/mol. The van der Waals surface area contributed by atoms with E-state index in [1.165, 1.54) is 16.9 Å². The first kappa shape index (κ1) is 14.6. The predicted octanol–water partition coefficient (Wildman–Crippen LogP) is 3.56.